The van der Waals surface area contributed by atoms with Gasteiger partial charge >= 0.3 is 0 Å². The lowest BCUT2D eigenvalue weighted by molar-refractivity contribution is -0.124. The highest BCUT2D eigenvalue weighted by molar-refractivity contribution is 6.07. The molecule has 2 rings (SSSR count). The smallest absolute Gasteiger partial charge is 0.249 e. The van der Waals surface area contributed by atoms with Gasteiger partial charge in [0.1, 0.15) is 18.4 Å². The van der Waals surface area contributed by atoms with E-state index in [0.717, 1.165) is 6.42 Å². The van der Waals surface area contributed by atoms with Crippen molar-refractivity contribution in [1.82, 2.24) is 5.32 Å². The molecule has 0 spiro atoms. The molecule has 5 nitrogen and oxygen atoms in total. The molecule has 0 fully saturated rings. The Morgan fingerprint density at radius 2 is 2.26 bits per heavy atom. The largest absolute Gasteiger partial charge is 0.355 e. The van der Waals surface area contributed by atoms with Crippen molar-refractivity contribution < 1.29 is 14.0 Å². The Labute approximate surface area is 110 Å². The minimum absolute atomic E-state index is 0.136. The maximum Gasteiger partial charge on any atom is 0.249 e. The third kappa shape index (κ3) is 2.58. The number of nitrogens with two attached hydrogens (primary N) is 1. The van der Waals surface area contributed by atoms with E-state index in [2.05, 4.69) is 5.32 Å². The van der Waals surface area contributed by atoms with Gasteiger partial charge in [-0.1, -0.05) is 13.0 Å². The third-order valence-electron chi connectivity index (χ3n) is 3.02. The van der Waals surface area contributed by atoms with Crippen molar-refractivity contribution in [1.29, 1.82) is 0 Å². The van der Waals surface area contributed by atoms with Crippen LogP contribution < -0.4 is 16.0 Å². The first-order valence-electron chi connectivity index (χ1n) is 6.17. The average molecular weight is 265 g/mol. The standard InChI is InChI=1S/C13H16FN3O2/c1-2-5-16-11(18)7-17-10-6-8(14)3-4-9(10)12(15)13(17)19/h3-4,6,12H,2,5,7,15H2,1H3,(H,16,18). The molecule has 102 valence electrons. The number of carbonyl (C=O) groups excluding carboxylic acids is 2. The summed E-state index contributed by atoms with van der Waals surface area (Å²) < 4.78 is 13.3. The average Bonchev–Trinajstić information content (AvgIpc) is 2.61. The lowest BCUT2D eigenvalue weighted by Crippen LogP contribution is -2.40. The number of hydrogen-bond acceptors (Lipinski definition) is 3. The van der Waals surface area contributed by atoms with E-state index < -0.39 is 11.9 Å². The van der Waals surface area contributed by atoms with E-state index in [9.17, 15) is 14.0 Å². The van der Waals surface area contributed by atoms with E-state index in [1.807, 2.05) is 6.92 Å². The molecule has 1 aromatic carbocycles. The summed E-state index contributed by atoms with van der Waals surface area (Å²) in [6.07, 6.45) is 0.810. The highest BCUT2D eigenvalue weighted by Gasteiger charge is 2.35. The number of fused-ring (bicyclic) bond motifs is 1. The first-order valence-corrected chi connectivity index (χ1v) is 6.17. The summed E-state index contributed by atoms with van der Waals surface area (Å²) in [6, 6.07) is 3.14. The van der Waals surface area contributed by atoms with E-state index in [1.165, 1.54) is 23.1 Å². The maximum absolute atomic E-state index is 13.3. The molecule has 0 aliphatic carbocycles. The van der Waals surface area contributed by atoms with Gasteiger partial charge in [-0.2, -0.15) is 0 Å². The van der Waals surface area contributed by atoms with E-state index in [-0.39, 0.29) is 18.4 Å². The molecule has 1 aromatic rings. The van der Waals surface area contributed by atoms with Crippen LogP contribution in [0.3, 0.4) is 0 Å². The fourth-order valence-electron chi connectivity index (χ4n) is 2.06. The van der Waals surface area contributed by atoms with E-state index in [0.29, 0.717) is 17.8 Å². The number of rotatable bonds is 4. The van der Waals surface area contributed by atoms with Gasteiger partial charge in [0, 0.05) is 12.1 Å². The fourth-order valence-corrected chi connectivity index (χ4v) is 2.06. The number of nitrogens with zero attached hydrogens (tertiary/aromatic N) is 1. The van der Waals surface area contributed by atoms with Gasteiger partial charge in [0.05, 0.1) is 5.69 Å². The minimum Gasteiger partial charge on any atom is -0.355 e. The van der Waals surface area contributed by atoms with Crippen LogP contribution in [-0.2, 0) is 9.59 Å². The van der Waals surface area contributed by atoms with Crippen molar-refractivity contribution in [2.24, 2.45) is 5.73 Å². The first kappa shape index (κ1) is 13.5. The van der Waals surface area contributed by atoms with Crippen LogP contribution in [0, 0.1) is 5.82 Å². The second kappa shape index (κ2) is 5.36. The number of amides is 2. The Kier molecular flexibility index (Phi) is 3.80. The van der Waals surface area contributed by atoms with Crippen LogP contribution in [0.15, 0.2) is 18.2 Å². The molecular weight excluding hydrogens is 249 g/mol. The van der Waals surface area contributed by atoms with Crippen molar-refractivity contribution in [2.75, 3.05) is 18.0 Å². The lowest BCUT2D eigenvalue weighted by atomic mass is 10.1. The van der Waals surface area contributed by atoms with Gasteiger partial charge in [-0.15, -0.1) is 0 Å². The molecule has 0 bridgehead atoms. The van der Waals surface area contributed by atoms with Gasteiger partial charge in [0.15, 0.2) is 0 Å². The molecule has 0 saturated heterocycles. The molecule has 19 heavy (non-hydrogen) atoms. The molecule has 6 heteroatoms. The topological polar surface area (TPSA) is 75.4 Å². The monoisotopic (exact) mass is 265 g/mol. The van der Waals surface area contributed by atoms with E-state index >= 15 is 0 Å². The SMILES string of the molecule is CCCNC(=O)CN1C(=O)C(N)c2ccc(F)cc21. The number of hydrogen-bond donors (Lipinski definition) is 2. The van der Waals surface area contributed by atoms with Crippen LogP contribution in [0.25, 0.3) is 0 Å². The molecule has 1 heterocycles. The van der Waals surface area contributed by atoms with Crippen molar-refractivity contribution >= 4 is 17.5 Å². The molecule has 3 N–H and O–H groups in total. The summed E-state index contributed by atoms with van der Waals surface area (Å²) in [7, 11) is 0. The third-order valence-corrected chi connectivity index (χ3v) is 3.02. The number of anilines is 1. The Balaban J connectivity index is 2.20. The van der Waals surface area contributed by atoms with Crippen LogP contribution in [0.1, 0.15) is 24.9 Å². The van der Waals surface area contributed by atoms with Crippen LogP contribution >= 0.6 is 0 Å². The van der Waals surface area contributed by atoms with Gasteiger partial charge in [-0.25, -0.2) is 4.39 Å². The zero-order valence-corrected chi connectivity index (χ0v) is 10.6. The van der Waals surface area contributed by atoms with E-state index in [4.69, 9.17) is 5.73 Å². The molecule has 1 atom stereocenters. The lowest BCUT2D eigenvalue weighted by Gasteiger charge is -2.17. The normalized spacial score (nSPS) is 17.5. The molecule has 0 radical (unpaired) electrons. The fraction of sp³-hybridized carbons (Fsp3) is 0.385. The molecule has 0 saturated carbocycles. The van der Waals surface area contributed by atoms with Crippen molar-refractivity contribution in [3.05, 3.63) is 29.6 Å². The predicted octanol–water partition coefficient (Wildman–Crippen LogP) is 0.698. The molecule has 2 amide bonds. The number of carbonyl (C=O) groups is 2. The number of halogens is 1. The Morgan fingerprint density at radius 1 is 1.53 bits per heavy atom. The maximum atomic E-state index is 13.3. The van der Waals surface area contributed by atoms with Gasteiger partial charge in [0.2, 0.25) is 11.8 Å². The second-order valence-electron chi connectivity index (χ2n) is 4.46. The van der Waals surface area contributed by atoms with Crippen molar-refractivity contribution in [2.45, 2.75) is 19.4 Å². The first-order chi connectivity index (χ1) is 9.04. The van der Waals surface area contributed by atoms with Gasteiger partial charge < -0.3 is 16.0 Å². The van der Waals surface area contributed by atoms with Crippen LogP contribution in [0.5, 0.6) is 0 Å². The minimum atomic E-state index is -0.824. The van der Waals surface area contributed by atoms with E-state index in [1.54, 1.807) is 0 Å². The van der Waals surface area contributed by atoms with Crippen molar-refractivity contribution in [3.8, 4) is 0 Å². The van der Waals surface area contributed by atoms with Gasteiger partial charge in [-0.05, 0) is 18.6 Å². The Bertz CT molecular complexity index is 519. The second-order valence-corrected chi connectivity index (χ2v) is 4.46. The number of benzene rings is 1. The van der Waals surface area contributed by atoms with Crippen LogP contribution in [0.4, 0.5) is 10.1 Å². The summed E-state index contributed by atoms with van der Waals surface area (Å²) in [5.41, 5.74) is 6.69. The quantitative estimate of drug-likeness (QED) is 0.841. The molecular formula is C13H16FN3O2. The van der Waals surface area contributed by atoms with Crippen LogP contribution in [0.2, 0.25) is 0 Å². The summed E-state index contributed by atoms with van der Waals surface area (Å²) in [5.74, 6) is -1.12. The molecule has 1 aliphatic heterocycles. The summed E-state index contributed by atoms with van der Waals surface area (Å²) in [6.45, 7) is 2.34. The van der Waals surface area contributed by atoms with Crippen molar-refractivity contribution in [3.63, 3.8) is 0 Å². The molecule has 0 aromatic heterocycles. The number of nitrogens with one attached hydrogen (secondary N) is 1. The Morgan fingerprint density at radius 3 is 2.95 bits per heavy atom. The van der Waals surface area contributed by atoms with Crippen LogP contribution in [-0.4, -0.2) is 24.9 Å². The zero-order chi connectivity index (χ0) is 14.0. The predicted molar refractivity (Wildman–Crippen MR) is 69.0 cm³/mol. The summed E-state index contributed by atoms with van der Waals surface area (Å²) in [5, 5.41) is 2.67. The summed E-state index contributed by atoms with van der Waals surface area (Å²) >= 11 is 0. The zero-order valence-electron chi connectivity index (χ0n) is 10.6. The Hall–Kier alpha value is -1.95. The molecule has 1 aliphatic rings. The molecule has 1 unspecified atom stereocenters. The van der Waals surface area contributed by atoms with Gasteiger partial charge in [-0.3, -0.25) is 9.59 Å². The highest BCUT2D eigenvalue weighted by Crippen LogP contribution is 2.34. The van der Waals surface area contributed by atoms with Gasteiger partial charge in [0.25, 0.3) is 0 Å². The summed E-state index contributed by atoms with van der Waals surface area (Å²) in [4.78, 5) is 24.9. The highest BCUT2D eigenvalue weighted by atomic mass is 19.1.